The van der Waals surface area contributed by atoms with Gasteiger partial charge in [0, 0.05) is 35.9 Å². The average molecular weight is 619 g/mol. The molecule has 0 radical (unpaired) electrons. The van der Waals surface area contributed by atoms with Gasteiger partial charge < -0.3 is 20.5 Å². The van der Waals surface area contributed by atoms with E-state index in [1.54, 1.807) is 30.5 Å². The van der Waals surface area contributed by atoms with Crippen LogP contribution in [-0.2, 0) is 4.74 Å². The first-order valence-electron chi connectivity index (χ1n) is 14.3. The number of aryl methyl sites for hydroxylation is 2. The zero-order valence-corrected chi connectivity index (χ0v) is 24.3. The molecule has 1 aliphatic heterocycles. The Balaban J connectivity index is 1.28. The highest BCUT2D eigenvalue weighted by atomic mass is 19.4. The number of amides is 1. The molecule has 2 atom stereocenters. The van der Waals surface area contributed by atoms with Crippen LogP contribution < -0.4 is 10.6 Å². The Morgan fingerprint density at radius 3 is 2.69 bits per heavy atom. The maximum Gasteiger partial charge on any atom is 0.418 e. The number of aliphatic hydroxyl groups is 1. The zero-order chi connectivity index (χ0) is 31.7. The topological polar surface area (TPSA) is 140 Å². The Hall–Kier alpha value is -4.95. The van der Waals surface area contributed by atoms with Crippen LogP contribution in [-0.4, -0.2) is 53.3 Å². The Morgan fingerprint density at radius 1 is 1.07 bits per heavy atom. The molecule has 1 aromatic carbocycles. The van der Waals surface area contributed by atoms with Gasteiger partial charge in [-0.15, -0.1) is 0 Å². The molecule has 232 valence electrons. The van der Waals surface area contributed by atoms with E-state index >= 15 is 0 Å². The maximum atomic E-state index is 13.0. The normalized spacial score (nSPS) is 16.0. The number of carbonyl (C=O) groups is 1. The summed E-state index contributed by atoms with van der Waals surface area (Å²) in [6.45, 7) is 4.47. The van der Waals surface area contributed by atoms with Crippen molar-refractivity contribution < 1.29 is 27.8 Å². The van der Waals surface area contributed by atoms with Crippen LogP contribution in [0.1, 0.15) is 59.0 Å². The van der Waals surface area contributed by atoms with Gasteiger partial charge in [-0.05, 0) is 80.6 Å². The van der Waals surface area contributed by atoms with Crippen LogP contribution in [0.15, 0.2) is 61.2 Å². The number of hydrogen-bond acceptors (Lipinski definition) is 9. The molecule has 0 spiro atoms. The molecule has 0 bridgehead atoms. The summed E-state index contributed by atoms with van der Waals surface area (Å²) in [6.07, 6.45) is -0.636. The lowest BCUT2D eigenvalue weighted by Gasteiger charge is -2.24. The largest absolute Gasteiger partial charge is 0.418 e. The standard InChI is InChI=1S/C31H29F3N8O3/c1-17-8-9-20(40-30(44)23-14-19(10-12-35-23)27(43)31(32,33)34)15-22(17)41-28-21(6-5-11-36-28)25-26-29(38-16-37-25)42(18(2)39-26)24-7-3-4-13-45-24/h5-6,8-12,14-16,24,27,43H,3-4,7,13H2,1-2H3,(H,36,41)(H,40,44). The molecule has 1 saturated heterocycles. The highest BCUT2D eigenvalue weighted by Gasteiger charge is 2.39. The summed E-state index contributed by atoms with van der Waals surface area (Å²) in [5.41, 5.74) is 3.59. The number of anilines is 3. The van der Waals surface area contributed by atoms with E-state index in [-0.39, 0.29) is 11.9 Å². The Bertz CT molecular complexity index is 1870. The third-order valence-electron chi connectivity index (χ3n) is 7.55. The van der Waals surface area contributed by atoms with E-state index in [0.717, 1.165) is 49.0 Å². The van der Waals surface area contributed by atoms with Gasteiger partial charge >= 0.3 is 6.18 Å². The third kappa shape index (κ3) is 6.19. The summed E-state index contributed by atoms with van der Waals surface area (Å²) < 4.78 is 47.0. The second-order valence-electron chi connectivity index (χ2n) is 10.7. The first-order valence-corrected chi connectivity index (χ1v) is 14.3. The highest BCUT2D eigenvalue weighted by Crippen LogP contribution is 2.36. The van der Waals surface area contributed by atoms with Crippen molar-refractivity contribution in [1.82, 2.24) is 29.5 Å². The monoisotopic (exact) mass is 618 g/mol. The second kappa shape index (κ2) is 12.2. The number of imidazole rings is 1. The van der Waals surface area contributed by atoms with Crippen molar-refractivity contribution in [3.05, 3.63) is 83.8 Å². The molecule has 45 heavy (non-hydrogen) atoms. The summed E-state index contributed by atoms with van der Waals surface area (Å²) in [6, 6.07) is 10.7. The third-order valence-corrected chi connectivity index (χ3v) is 7.55. The smallest absolute Gasteiger partial charge is 0.379 e. The highest BCUT2D eigenvalue weighted by molar-refractivity contribution is 6.03. The van der Waals surface area contributed by atoms with Gasteiger partial charge in [0.2, 0.25) is 0 Å². The fourth-order valence-electron chi connectivity index (χ4n) is 5.27. The van der Waals surface area contributed by atoms with E-state index in [4.69, 9.17) is 9.72 Å². The SMILES string of the molecule is Cc1ccc(NC(=O)c2cc(C(O)C(F)(F)F)ccn2)cc1Nc1ncccc1-c1ncnc2c1nc(C)n2C1CCCCO1. The number of halogens is 3. The molecule has 5 aromatic rings. The second-order valence-corrected chi connectivity index (χ2v) is 10.7. The predicted octanol–water partition coefficient (Wildman–Crippen LogP) is 6.19. The van der Waals surface area contributed by atoms with Crippen molar-refractivity contribution in [3.8, 4) is 11.3 Å². The molecular formula is C31H29F3N8O3. The fraction of sp³-hybridized carbons (Fsp3) is 0.290. The first-order chi connectivity index (χ1) is 21.6. The van der Waals surface area contributed by atoms with Gasteiger partial charge in [-0.2, -0.15) is 13.2 Å². The van der Waals surface area contributed by atoms with Crippen molar-refractivity contribution >= 4 is 34.3 Å². The molecule has 6 rings (SSSR count). The van der Waals surface area contributed by atoms with Gasteiger partial charge in [-0.1, -0.05) is 6.07 Å². The van der Waals surface area contributed by atoms with E-state index in [1.165, 1.54) is 6.33 Å². The van der Waals surface area contributed by atoms with Crippen molar-refractivity contribution in [1.29, 1.82) is 0 Å². The Kier molecular flexibility index (Phi) is 8.16. The van der Waals surface area contributed by atoms with Crippen LogP contribution in [0, 0.1) is 13.8 Å². The van der Waals surface area contributed by atoms with Gasteiger partial charge in [-0.3, -0.25) is 14.3 Å². The molecule has 0 saturated carbocycles. The number of pyridine rings is 2. The molecule has 1 fully saturated rings. The van der Waals surface area contributed by atoms with Crippen LogP contribution in [0.2, 0.25) is 0 Å². The minimum absolute atomic E-state index is 0.147. The van der Waals surface area contributed by atoms with Crippen LogP contribution in [0.5, 0.6) is 0 Å². The van der Waals surface area contributed by atoms with Gasteiger partial charge in [0.25, 0.3) is 5.91 Å². The van der Waals surface area contributed by atoms with Crippen molar-refractivity contribution in [2.75, 3.05) is 17.2 Å². The number of fused-ring (bicyclic) bond motifs is 1. The number of nitrogens with zero attached hydrogens (tertiary/aromatic N) is 6. The number of nitrogens with one attached hydrogen (secondary N) is 2. The van der Waals surface area contributed by atoms with Gasteiger partial charge in [-0.25, -0.2) is 19.9 Å². The number of hydrogen-bond donors (Lipinski definition) is 3. The van der Waals surface area contributed by atoms with Gasteiger partial charge in [0.05, 0.1) is 0 Å². The lowest BCUT2D eigenvalue weighted by molar-refractivity contribution is -0.206. The Morgan fingerprint density at radius 2 is 1.91 bits per heavy atom. The predicted molar refractivity (Wildman–Crippen MR) is 160 cm³/mol. The molecule has 1 aliphatic rings. The Labute approximate surface area is 255 Å². The number of alkyl halides is 3. The molecule has 3 N–H and O–H groups in total. The molecule has 11 nitrogen and oxygen atoms in total. The lowest BCUT2D eigenvalue weighted by atomic mass is 10.1. The average Bonchev–Trinajstić information content (AvgIpc) is 3.38. The van der Waals surface area contributed by atoms with Gasteiger partial charge in [0.1, 0.15) is 41.1 Å². The number of ether oxygens (including phenoxy) is 1. The van der Waals surface area contributed by atoms with E-state index < -0.39 is 23.8 Å². The molecular weight excluding hydrogens is 589 g/mol. The van der Waals surface area contributed by atoms with Crippen LogP contribution in [0.4, 0.5) is 30.4 Å². The quantitative estimate of drug-likeness (QED) is 0.195. The van der Waals surface area contributed by atoms with Crippen LogP contribution in [0.3, 0.4) is 0 Å². The fourth-order valence-corrected chi connectivity index (χ4v) is 5.27. The molecule has 0 aliphatic carbocycles. The first kappa shape index (κ1) is 30.1. The summed E-state index contributed by atoms with van der Waals surface area (Å²) in [4.78, 5) is 35.2. The van der Waals surface area contributed by atoms with Gasteiger partial charge in [0.15, 0.2) is 11.8 Å². The zero-order valence-electron chi connectivity index (χ0n) is 24.3. The van der Waals surface area contributed by atoms with E-state index in [2.05, 4.69) is 30.6 Å². The van der Waals surface area contributed by atoms with Crippen molar-refractivity contribution in [2.45, 2.75) is 51.6 Å². The molecule has 14 heteroatoms. The number of aliphatic hydroxyl groups excluding tert-OH is 1. The summed E-state index contributed by atoms with van der Waals surface area (Å²) in [5, 5.41) is 15.6. The van der Waals surface area contributed by atoms with E-state index in [9.17, 15) is 23.1 Å². The summed E-state index contributed by atoms with van der Waals surface area (Å²) in [7, 11) is 0. The number of aromatic nitrogens is 6. The van der Waals surface area contributed by atoms with Crippen LogP contribution >= 0.6 is 0 Å². The minimum Gasteiger partial charge on any atom is -0.379 e. The van der Waals surface area contributed by atoms with Crippen LogP contribution in [0.25, 0.3) is 22.4 Å². The molecule has 5 heterocycles. The summed E-state index contributed by atoms with van der Waals surface area (Å²) in [5.74, 6) is 0.515. The summed E-state index contributed by atoms with van der Waals surface area (Å²) >= 11 is 0. The minimum atomic E-state index is -4.88. The van der Waals surface area contributed by atoms with Crippen molar-refractivity contribution in [2.24, 2.45) is 0 Å². The van der Waals surface area contributed by atoms with E-state index in [0.29, 0.717) is 46.2 Å². The number of rotatable bonds is 7. The lowest BCUT2D eigenvalue weighted by Crippen LogP contribution is -2.21. The maximum absolute atomic E-state index is 13.0. The molecule has 1 amide bonds. The number of benzene rings is 1. The molecule has 2 unspecified atom stereocenters. The number of carbonyl (C=O) groups excluding carboxylic acids is 1. The van der Waals surface area contributed by atoms with E-state index in [1.807, 2.05) is 24.5 Å². The van der Waals surface area contributed by atoms with Crippen molar-refractivity contribution in [3.63, 3.8) is 0 Å². The molecule has 4 aromatic heterocycles.